The molecule has 0 spiro atoms. The zero-order valence-electron chi connectivity index (χ0n) is 33.6. The van der Waals surface area contributed by atoms with E-state index in [1.807, 2.05) is 21.4 Å². The number of carbonyl (C=O) groups excluding carboxylic acids is 5. The van der Waals surface area contributed by atoms with Crippen LogP contribution in [0.4, 0.5) is 11.6 Å². The Morgan fingerprint density at radius 2 is 1.62 bits per heavy atom. The number of furan rings is 1. The Morgan fingerprint density at radius 3 is 2.38 bits per heavy atom. The summed E-state index contributed by atoms with van der Waals surface area (Å²) < 4.78 is 24.2. The van der Waals surface area contributed by atoms with Crippen molar-refractivity contribution in [1.82, 2.24) is 34.7 Å². The van der Waals surface area contributed by atoms with Gasteiger partial charge in [0.15, 0.2) is 5.65 Å². The zero-order chi connectivity index (χ0) is 42.1. The molecule has 5 amide bonds. The van der Waals surface area contributed by atoms with Gasteiger partial charge in [0.2, 0.25) is 23.7 Å². The maximum absolute atomic E-state index is 13.3. The Labute approximate surface area is 351 Å². The van der Waals surface area contributed by atoms with Crippen LogP contribution in [0, 0.1) is 0 Å². The van der Waals surface area contributed by atoms with Crippen LogP contribution in [-0.2, 0) is 41.6 Å². The van der Waals surface area contributed by atoms with Gasteiger partial charge < -0.3 is 33.7 Å². The first-order valence-corrected chi connectivity index (χ1v) is 20.5. The molecule has 3 aliphatic heterocycles. The van der Waals surface area contributed by atoms with E-state index in [2.05, 4.69) is 55.0 Å². The lowest BCUT2D eigenvalue weighted by molar-refractivity contribution is -0.136. The molecule has 5 aromatic rings. The number of amides is 5. The molecule has 3 aliphatic rings. The molecule has 18 nitrogen and oxygen atoms in total. The molecule has 18 heteroatoms. The monoisotopic (exact) mass is 833 g/mol. The molecule has 0 radical (unpaired) electrons. The molecule has 1 atom stereocenters. The van der Waals surface area contributed by atoms with Gasteiger partial charge in [-0.3, -0.25) is 38.6 Å². The summed E-state index contributed by atoms with van der Waals surface area (Å²) in [7, 11) is 0. The Hall–Kier alpha value is -6.50. The van der Waals surface area contributed by atoms with Gasteiger partial charge in [-0.25, -0.2) is 4.98 Å². The number of nitrogens with zero attached hydrogens (tertiary/aromatic N) is 7. The summed E-state index contributed by atoms with van der Waals surface area (Å²) in [5, 5.41) is 13.9. The first-order chi connectivity index (χ1) is 29.9. The highest BCUT2D eigenvalue weighted by Crippen LogP contribution is 2.31. The van der Waals surface area contributed by atoms with E-state index in [4.69, 9.17) is 18.6 Å². The normalized spacial score (nSPS) is 16.7. The highest BCUT2D eigenvalue weighted by Gasteiger charge is 2.45. The number of piperidine rings is 1. The minimum atomic E-state index is -0.995. The van der Waals surface area contributed by atoms with Gasteiger partial charge in [0.25, 0.3) is 11.8 Å². The van der Waals surface area contributed by atoms with Gasteiger partial charge in [0.1, 0.15) is 18.1 Å². The highest BCUT2D eigenvalue weighted by molar-refractivity contribution is 6.24. The van der Waals surface area contributed by atoms with Crippen LogP contribution in [0.3, 0.4) is 0 Å². The van der Waals surface area contributed by atoms with Crippen molar-refractivity contribution in [2.75, 3.05) is 76.0 Å². The number of rotatable bonds is 19. The van der Waals surface area contributed by atoms with Crippen molar-refractivity contribution in [2.45, 2.75) is 44.7 Å². The minimum absolute atomic E-state index is 0.0688. The maximum atomic E-state index is 13.3. The van der Waals surface area contributed by atoms with E-state index in [-0.39, 0.29) is 24.3 Å². The van der Waals surface area contributed by atoms with Crippen LogP contribution in [-0.4, -0.2) is 131 Å². The average molecular weight is 834 g/mol. The van der Waals surface area contributed by atoms with Gasteiger partial charge in [-0.05, 0) is 60.7 Å². The lowest BCUT2D eigenvalue weighted by atomic mass is 9.99. The lowest BCUT2D eigenvalue weighted by Gasteiger charge is -2.36. The van der Waals surface area contributed by atoms with Crippen molar-refractivity contribution >= 4 is 46.8 Å². The molecule has 3 aromatic heterocycles. The predicted molar refractivity (Wildman–Crippen MR) is 220 cm³/mol. The molecule has 8 rings (SSSR count). The van der Waals surface area contributed by atoms with Crippen LogP contribution < -0.4 is 15.5 Å². The number of hydrogen-bond donors (Lipinski definition) is 2. The average Bonchev–Trinajstić information content (AvgIpc) is 4.05. The minimum Gasteiger partial charge on any atom is -0.467 e. The summed E-state index contributed by atoms with van der Waals surface area (Å²) in [6.45, 7) is 5.47. The topological polar surface area (TPSA) is 203 Å². The van der Waals surface area contributed by atoms with Crippen LogP contribution in [0.15, 0.2) is 77.8 Å². The van der Waals surface area contributed by atoms with E-state index in [9.17, 15) is 24.0 Å². The highest BCUT2D eigenvalue weighted by atomic mass is 16.5. The summed E-state index contributed by atoms with van der Waals surface area (Å²) >= 11 is 0. The van der Waals surface area contributed by atoms with Gasteiger partial charge >= 0.3 is 0 Å². The number of imide groups is 2. The Kier molecular flexibility index (Phi) is 13.0. The van der Waals surface area contributed by atoms with Crippen molar-refractivity contribution in [2.24, 2.45) is 0 Å². The fraction of sp³-hybridized carbons (Fsp3) is 0.395. The standard InChI is InChI=1S/C43H47N9O9/c53-36-13-12-35(40(55)47-36)52-41(56)33-7-1-4-30(38(33)42(52)57)5-2-19-58-22-24-60-25-23-59-21-14-37(54)50-17-15-49(16-18-50)31-10-8-29(9-11-31)34-27-45-43(51-28-46-48-39(34)51)44-26-32-6-3-20-61-32/h1,3-4,6-11,20,27-28,35H,2,5,12-19,21-26H2,(H,44,45)(H,47,53,55). The smallest absolute Gasteiger partial charge is 0.262 e. The van der Waals surface area contributed by atoms with E-state index >= 15 is 0 Å². The van der Waals surface area contributed by atoms with Crippen molar-refractivity contribution in [3.8, 4) is 11.1 Å². The molecular formula is C43H47N9O9. The van der Waals surface area contributed by atoms with E-state index < -0.39 is 29.7 Å². The van der Waals surface area contributed by atoms with Crippen LogP contribution in [0.5, 0.6) is 0 Å². The molecule has 2 aromatic carbocycles. The first kappa shape index (κ1) is 41.2. The largest absolute Gasteiger partial charge is 0.467 e. The number of anilines is 2. The third-order valence-electron chi connectivity index (χ3n) is 11.0. The SMILES string of the molecule is O=C1CCC(N2C(=O)c3cccc(CCCOCCOCCOCCC(=O)N4CCN(c5ccc(-c6cnc(NCc7ccco7)n7cnnc67)cc5)CC4)c3C2=O)C(=O)N1. The Balaban J connectivity index is 0.674. The fourth-order valence-electron chi connectivity index (χ4n) is 7.82. The molecule has 61 heavy (non-hydrogen) atoms. The van der Waals surface area contributed by atoms with Crippen LogP contribution in [0.1, 0.15) is 57.7 Å². The Morgan fingerprint density at radius 1 is 0.852 bits per heavy atom. The number of piperazine rings is 1. The van der Waals surface area contributed by atoms with Crippen LogP contribution in [0.25, 0.3) is 16.8 Å². The molecule has 0 saturated carbocycles. The number of aryl methyl sites for hydroxylation is 1. The third-order valence-corrected chi connectivity index (χ3v) is 11.0. The summed E-state index contributed by atoms with van der Waals surface area (Å²) in [5.74, 6) is -0.576. The molecule has 0 aliphatic carbocycles. The predicted octanol–water partition coefficient (Wildman–Crippen LogP) is 3.12. The van der Waals surface area contributed by atoms with Gasteiger partial charge in [-0.15, -0.1) is 10.2 Å². The second-order valence-electron chi connectivity index (χ2n) is 14.8. The van der Waals surface area contributed by atoms with E-state index in [0.717, 1.165) is 40.6 Å². The molecule has 6 heterocycles. The summed E-state index contributed by atoms with van der Waals surface area (Å²) in [5.41, 5.74) is 4.92. The Bertz CT molecular complexity index is 2360. The molecule has 2 N–H and O–H groups in total. The molecule has 2 saturated heterocycles. The fourth-order valence-corrected chi connectivity index (χ4v) is 7.82. The summed E-state index contributed by atoms with van der Waals surface area (Å²) in [4.78, 5) is 72.9. The van der Waals surface area contributed by atoms with Gasteiger partial charge in [-0.1, -0.05) is 24.3 Å². The quantitative estimate of drug-likeness (QED) is 0.0908. The second-order valence-corrected chi connectivity index (χ2v) is 14.8. The van der Waals surface area contributed by atoms with E-state index in [1.165, 1.54) is 0 Å². The number of ether oxygens (including phenoxy) is 3. The summed E-state index contributed by atoms with van der Waals surface area (Å²) in [6, 6.07) is 16.1. The van der Waals surface area contributed by atoms with E-state index in [1.54, 1.807) is 37.0 Å². The second kappa shape index (κ2) is 19.3. The number of fused-ring (bicyclic) bond motifs is 2. The molecule has 1 unspecified atom stereocenters. The van der Waals surface area contributed by atoms with Crippen molar-refractivity contribution in [3.63, 3.8) is 0 Å². The first-order valence-electron chi connectivity index (χ1n) is 20.5. The van der Waals surface area contributed by atoms with Gasteiger partial charge in [0, 0.05) is 56.7 Å². The molecule has 0 bridgehead atoms. The number of hydrogen-bond acceptors (Lipinski definition) is 14. The number of aromatic nitrogens is 4. The summed E-state index contributed by atoms with van der Waals surface area (Å²) in [6.07, 6.45) is 6.69. The number of benzene rings is 2. The number of carbonyl (C=O) groups is 5. The molecular weight excluding hydrogens is 787 g/mol. The number of nitrogens with one attached hydrogen (secondary N) is 2. The lowest BCUT2D eigenvalue weighted by Crippen LogP contribution is -2.54. The van der Waals surface area contributed by atoms with Gasteiger partial charge in [-0.2, -0.15) is 0 Å². The molecule has 318 valence electrons. The van der Waals surface area contributed by atoms with Crippen molar-refractivity contribution in [1.29, 1.82) is 0 Å². The van der Waals surface area contributed by atoms with Crippen molar-refractivity contribution in [3.05, 3.63) is 95.8 Å². The van der Waals surface area contributed by atoms with Crippen LogP contribution in [0.2, 0.25) is 0 Å². The molecule has 2 fully saturated rings. The van der Waals surface area contributed by atoms with Crippen LogP contribution >= 0.6 is 0 Å². The van der Waals surface area contributed by atoms with E-state index in [0.29, 0.717) is 101 Å². The maximum Gasteiger partial charge on any atom is 0.262 e. The zero-order valence-corrected chi connectivity index (χ0v) is 33.6. The third kappa shape index (κ3) is 9.46. The van der Waals surface area contributed by atoms with Gasteiger partial charge in [0.05, 0.1) is 63.4 Å². The van der Waals surface area contributed by atoms with Crippen molar-refractivity contribution < 1.29 is 42.6 Å².